The van der Waals surface area contributed by atoms with Gasteiger partial charge in [0.15, 0.2) is 17.5 Å². The number of hydrogen-bond acceptors (Lipinski definition) is 5. The predicted octanol–water partition coefficient (Wildman–Crippen LogP) is 2.95. The molecule has 1 aromatic rings. The maximum Gasteiger partial charge on any atom is 0.203 e. The molecule has 26 heavy (non-hydrogen) atoms. The smallest absolute Gasteiger partial charge is 0.203 e. The van der Waals surface area contributed by atoms with Gasteiger partial charge in [-0.25, -0.2) is 0 Å². The van der Waals surface area contributed by atoms with Crippen molar-refractivity contribution in [3.05, 3.63) is 17.7 Å². The predicted molar refractivity (Wildman–Crippen MR) is 111 cm³/mol. The van der Waals surface area contributed by atoms with E-state index in [1.165, 1.54) is 12.2 Å². The highest BCUT2D eigenvalue weighted by Gasteiger charge is 2.15. The molecule has 1 rings (SSSR count). The number of guanidine groups is 1. The van der Waals surface area contributed by atoms with Crippen LogP contribution in [0.2, 0.25) is 0 Å². The molecule has 0 amide bonds. The van der Waals surface area contributed by atoms with E-state index >= 15 is 0 Å². The van der Waals surface area contributed by atoms with Gasteiger partial charge in [-0.05, 0) is 44.3 Å². The van der Waals surface area contributed by atoms with Gasteiger partial charge in [-0.1, -0.05) is 6.07 Å². The fraction of sp³-hybridized carbons (Fsp3) is 0.632. The topological polar surface area (TPSA) is 64.1 Å². The minimum Gasteiger partial charge on any atom is -0.493 e. The lowest BCUT2D eigenvalue weighted by molar-refractivity contribution is 0.322. The Morgan fingerprint density at radius 3 is 2.42 bits per heavy atom. The summed E-state index contributed by atoms with van der Waals surface area (Å²) in [6, 6.07) is 3.91. The van der Waals surface area contributed by atoms with Gasteiger partial charge in [0, 0.05) is 25.2 Å². The monoisotopic (exact) mass is 383 g/mol. The van der Waals surface area contributed by atoms with Crippen molar-refractivity contribution in [2.75, 3.05) is 53.0 Å². The Bertz CT molecular complexity index is 553. The first-order valence-electron chi connectivity index (χ1n) is 9.00. The molecule has 0 aliphatic rings. The molecule has 6 nitrogen and oxygen atoms in total. The second-order valence-electron chi connectivity index (χ2n) is 5.63. The summed E-state index contributed by atoms with van der Waals surface area (Å²) in [5.74, 6) is 4.06. The summed E-state index contributed by atoms with van der Waals surface area (Å²) in [5, 5.41) is 6.67. The van der Waals surface area contributed by atoms with Crippen LogP contribution in [-0.4, -0.2) is 58.9 Å². The van der Waals surface area contributed by atoms with Crippen molar-refractivity contribution < 1.29 is 14.2 Å². The van der Waals surface area contributed by atoms with Crippen LogP contribution < -0.4 is 24.8 Å². The van der Waals surface area contributed by atoms with Crippen molar-refractivity contribution in [3.8, 4) is 17.2 Å². The molecule has 0 saturated carbocycles. The van der Waals surface area contributed by atoms with E-state index in [0.717, 1.165) is 44.0 Å². The molecular formula is C19H33N3O3S. The number of methoxy groups -OCH3 is 3. The summed E-state index contributed by atoms with van der Waals surface area (Å²) < 4.78 is 16.3. The van der Waals surface area contributed by atoms with E-state index in [1.54, 1.807) is 21.3 Å². The molecule has 0 aromatic heterocycles. The lowest BCUT2D eigenvalue weighted by Gasteiger charge is -2.16. The second-order valence-corrected chi connectivity index (χ2v) is 6.62. The van der Waals surface area contributed by atoms with E-state index in [4.69, 9.17) is 14.2 Å². The van der Waals surface area contributed by atoms with Crippen molar-refractivity contribution >= 4 is 17.7 Å². The minimum absolute atomic E-state index is 0.627. The van der Waals surface area contributed by atoms with Crippen molar-refractivity contribution in [1.82, 2.24) is 10.6 Å². The number of thioether (sulfide) groups is 1. The Morgan fingerprint density at radius 1 is 1.04 bits per heavy atom. The molecule has 0 aliphatic heterocycles. The van der Waals surface area contributed by atoms with Crippen LogP contribution in [0.3, 0.4) is 0 Å². The molecule has 0 atom stereocenters. The van der Waals surface area contributed by atoms with Gasteiger partial charge >= 0.3 is 0 Å². The quantitative estimate of drug-likeness (QED) is 0.329. The zero-order valence-corrected chi connectivity index (χ0v) is 17.5. The third-order valence-electron chi connectivity index (χ3n) is 3.84. The van der Waals surface area contributed by atoms with Crippen molar-refractivity contribution in [1.29, 1.82) is 0 Å². The maximum absolute atomic E-state index is 5.54. The van der Waals surface area contributed by atoms with Gasteiger partial charge in [-0.15, -0.1) is 0 Å². The zero-order chi connectivity index (χ0) is 19.2. The van der Waals surface area contributed by atoms with Crippen LogP contribution in [0.4, 0.5) is 0 Å². The lowest BCUT2D eigenvalue weighted by Crippen LogP contribution is -2.38. The number of aliphatic imine (C=N–C) groups is 1. The number of rotatable bonds is 12. The van der Waals surface area contributed by atoms with E-state index in [1.807, 2.05) is 23.9 Å². The van der Waals surface area contributed by atoms with Crippen LogP contribution in [-0.2, 0) is 6.42 Å². The molecule has 148 valence electrons. The zero-order valence-electron chi connectivity index (χ0n) is 16.7. The molecule has 0 bridgehead atoms. The van der Waals surface area contributed by atoms with Crippen molar-refractivity contribution in [2.45, 2.75) is 26.2 Å². The highest BCUT2D eigenvalue weighted by Crippen LogP contribution is 2.39. The Kier molecular flexibility index (Phi) is 11.5. The Morgan fingerprint density at radius 2 is 1.81 bits per heavy atom. The SMILES string of the molecule is CCNC(=NCCCCSC)NCCc1ccc(OC)c(OC)c1OC. The van der Waals surface area contributed by atoms with Gasteiger partial charge < -0.3 is 24.8 Å². The van der Waals surface area contributed by atoms with Crippen molar-refractivity contribution in [2.24, 2.45) is 4.99 Å². The molecule has 0 radical (unpaired) electrons. The number of benzene rings is 1. The highest BCUT2D eigenvalue weighted by molar-refractivity contribution is 7.98. The van der Waals surface area contributed by atoms with E-state index < -0.39 is 0 Å². The third-order valence-corrected chi connectivity index (χ3v) is 4.54. The van der Waals surface area contributed by atoms with Crippen LogP contribution in [0.25, 0.3) is 0 Å². The van der Waals surface area contributed by atoms with Gasteiger partial charge in [0.1, 0.15) is 0 Å². The Labute approximate surface area is 162 Å². The van der Waals surface area contributed by atoms with E-state index in [-0.39, 0.29) is 0 Å². The summed E-state index contributed by atoms with van der Waals surface area (Å²) >= 11 is 1.88. The summed E-state index contributed by atoms with van der Waals surface area (Å²) in [4.78, 5) is 4.63. The summed E-state index contributed by atoms with van der Waals surface area (Å²) in [5.41, 5.74) is 1.06. The molecular weight excluding hydrogens is 350 g/mol. The molecule has 2 N–H and O–H groups in total. The first-order valence-corrected chi connectivity index (χ1v) is 10.4. The second kappa shape index (κ2) is 13.4. The van der Waals surface area contributed by atoms with Gasteiger partial charge in [0.25, 0.3) is 0 Å². The molecule has 0 unspecified atom stereocenters. The van der Waals surface area contributed by atoms with Crippen LogP contribution in [0, 0.1) is 0 Å². The van der Waals surface area contributed by atoms with Crippen molar-refractivity contribution in [3.63, 3.8) is 0 Å². The van der Waals surface area contributed by atoms with E-state index in [9.17, 15) is 0 Å². The lowest BCUT2D eigenvalue weighted by atomic mass is 10.1. The van der Waals surface area contributed by atoms with Crippen LogP contribution >= 0.6 is 11.8 Å². The maximum atomic E-state index is 5.54. The number of ether oxygens (including phenoxy) is 3. The summed E-state index contributed by atoms with van der Waals surface area (Å²) in [6.07, 6.45) is 5.24. The van der Waals surface area contributed by atoms with Gasteiger partial charge in [-0.3, -0.25) is 4.99 Å². The van der Waals surface area contributed by atoms with Gasteiger partial charge in [0.2, 0.25) is 5.75 Å². The molecule has 0 spiro atoms. The van der Waals surface area contributed by atoms with E-state index in [2.05, 4.69) is 28.8 Å². The molecule has 0 fully saturated rings. The number of unbranched alkanes of at least 4 members (excludes halogenated alkanes) is 1. The average molecular weight is 384 g/mol. The molecule has 1 aromatic carbocycles. The van der Waals surface area contributed by atoms with Gasteiger partial charge in [-0.2, -0.15) is 11.8 Å². The Balaban J connectivity index is 2.64. The largest absolute Gasteiger partial charge is 0.493 e. The van der Waals surface area contributed by atoms with E-state index in [0.29, 0.717) is 17.2 Å². The average Bonchev–Trinajstić information content (AvgIpc) is 2.66. The standard InChI is InChI=1S/C19H33N3O3S/c1-6-20-19(21-12-7-8-14-26-5)22-13-11-15-9-10-16(23-2)18(25-4)17(15)24-3/h9-10H,6-8,11-14H2,1-5H3,(H2,20,21,22). The Hall–Kier alpha value is -1.76. The molecule has 0 saturated heterocycles. The summed E-state index contributed by atoms with van der Waals surface area (Å²) in [6.45, 7) is 4.51. The fourth-order valence-corrected chi connectivity index (χ4v) is 3.06. The first-order chi connectivity index (χ1) is 12.7. The van der Waals surface area contributed by atoms with Crippen LogP contribution in [0.15, 0.2) is 17.1 Å². The highest BCUT2D eigenvalue weighted by atomic mass is 32.2. The van der Waals surface area contributed by atoms with Crippen LogP contribution in [0.5, 0.6) is 17.2 Å². The van der Waals surface area contributed by atoms with Gasteiger partial charge in [0.05, 0.1) is 21.3 Å². The normalized spacial score (nSPS) is 11.2. The number of hydrogen-bond donors (Lipinski definition) is 2. The first kappa shape index (κ1) is 22.3. The number of nitrogens with one attached hydrogen (secondary N) is 2. The van der Waals surface area contributed by atoms with Crippen LogP contribution in [0.1, 0.15) is 25.3 Å². The number of nitrogens with zero attached hydrogens (tertiary/aromatic N) is 1. The summed E-state index contributed by atoms with van der Waals surface area (Å²) in [7, 11) is 4.89. The molecule has 0 aliphatic carbocycles. The third kappa shape index (κ3) is 7.23. The fourth-order valence-electron chi connectivity index (χ4n) is 2.57. The molecule has 7 heteroatoms. The molecule has 0 heterocycles. The minimum atomic E-state index is 0.627.